The number of aromatic nitrogens is 2. The minimum Gasteiger partial charge on any atom is -0.310 e. The fourth-order valence-electron chi connectivity index (χ4n) is 18.1. The van der Waals surface area contributed by atoms with Gasteiger partial charge in [0.2, 0.25) is 0 Å². The third-order valence-electron chi connectivity index (χ3n) is 21.9. The third kappa shape index (κ3) is 13.3. The lowest BCUT2D eigenvalue weighted by molar-refractivity contribution is 0.411. The molecule has 0 saturated carbocycles. The maximum absolute atomic E-state index is 2.74. The maximum atomic E-state index is 2.74. The number of anilines is 6. The first kappa shape index (κ1) is 70.1. The number of rotatable bonds is 13. The van der Waals surface area contributed by atoms with Crippen molar-refractivity contribution in [3.05, 3.63) is 307 Å². The summed E-state index contributed by atoms with van der Waals surface area (Å²) < 4.78 is 5.17. The van der Waals surface area contributed by atoms with Crippen LogP contribution in [0, 0.1) is 27.1 Å². The van der Waals surface area contributed by atoms with Crippen LogP contribution in [0.3, 0.4) is 0 Å². The molecule has 0 bridgehead atoms. The maximum Gasteiger partial charge on any atom is 0.252 e. The normalized spacial score (nSPS) is 13.3. The minimum atomic E-state index is -0.219. The van der Waals surface area contributed by atoms with Crippen LogP contribution in [-0.4, -0.2) is 15.8 Å². The second-order valence-corrected chi connectivity index (χ2v) is 37.3. The lowest BCUT2D eigenvalue weighted by Crippen LogP contribution is -2.61. The highest BCUT2D eigenvalue weighted by Gasteiger charge is 2.46. The highest BCUT2D eigenvalue weighted by Crippen LogP contribution is 2.54. The molecule has 2 aromatic heterocycles. The molecular weight excluding hydrogens is 1300 g/mol. The smallest absolute Gasteiger partial charge is 0.252 e. The van der Waals surface area contributed by atoms with E-state index in [0.717, 1.165) is 111 Å². The summed E-state index contributed by atoms with van der Waals surface area (Å²) in [4.78, 5) is 5.47. The molecule has 0 fully saturated rings. The Morgan fingerprint density at radius 1 is 0.241 bits per heavy atom. The van der Waals surface area contributed by atoms with Gasteiger partial charge >= 0.3 is 0 Å². The minimum absolute atomic E-state index is 0.0874. The van der Waals surface area contributed by atoms with Crippen LogP contribution in [0.2, 0.25) is 0 Å². The van der Waals surface area contributed by atoms with E-state index in [1.165, 1.54) is 99.2 Å². The van der Waals surface area contributed by atoms with E-state index < -0.39 is 0 Å². The predicted octanol–water partition coefficient (Wildman–Crippen LogP) is 26.6. The van der Waals surface area contributed by atoms with Gasteiger partial charge in [0.1, 0.15) is 0 Å². The van der Waals surface area contributed by atoms with Crippen molar-refractivity contribution >= 4 is 101 Å². The molecule has 5 heteroatoms. The van der Waals surface area contributed by atoms with E-state index in [1.54, 1.807) is 0 Å². The van der Waals surface area contributed by atoms with E-state index in [2.05, 4.69) is 402 Å². The first-order valence-electron chi connectivity index (χ1n) is 39.3. The molecule has 0 N–H and O–H groups in total. The second kappa shape index (κ2) is 26.5. The van der Waals surface area contributed by atoms with Crippen LogP contribution in [0.5, 0.6) is 0 Å². The molecule has 4 heterocycles. The van der Waals surface area contributed by atoms with Gasteiger partial charge in [-0.3, -0.25) is 0 Å². The molecule has 0 unspecified atom stereocenters. The zero-order valence-electron chi connectivity index (χ0n) is 66.0. The second-order valence-electron chi connectivity index (χ2n) is 37.3. The van der Waals surface area contributed by atoms with Gasteiger partial charge in [-0.05, 0) is 211 Å². The van der Waals surface area contributed by atoms with E-state index in [9.17, 15) is 0 Å². The van der Waals surface area contributed by atoms with Crippen LogP contribution in [0.25, 0.3) is 99.5 Å². The lowest BCUT2D eigenvalue weighted by atomic mass is 9.33. The molecule has 17 rings (SSSR count). The zero-order valence-corrected chi connectivity index (χ0v) is 66.0. The van der Waals surface area contributed by atoms with Crippen molar-refractivity contribution in [3.63, 3.8) is 0 Å². The number of para-hydroxylation sites is 2. The highest BCUT2D eigenvalue weighted by atomic mass is 15.2. The molecule has 2 aliphatic rings. The number of benzene rings is 13. The van der Waals surface area contributed by atoms with E-state index in [4.69, 9.17) is 0 Å². The summed E-state index contributed by atoms with van der Waals surface area (Å²) in [6.07, 6.45) is 4.77. The summed E-state index contributed by atoms with van der Waals surface area (Å²) in [5.41, 5.74) is 34.2. The third-order valence-corrected chi connectivity index (χ3v) is 21.9. The van der Waals surface area contributed by atoms with E-state index in [0.29, 0.717) is 0 Å². The van der Waals surface area contributed by atoms with Crippen molar-refractivity contribution < 1.29 is 0 Å². The van der Waals surface area contributed by atoms with Crippen molar-refractivity contribution in [3.8, 4) is 55.9 Å². The summed E-state index contributed by atoms with van der Waals surface area (Å²) in [5.74, 6) is 0. The lowest BCUT2D eigenvalue weighted by Gasteiger charge is -2.46. The summed E-state index contributed by atoms with van der Waals surface area (Å²) in [7, 11) is 0. The van der Waals surface area contributed by atoms with Crippen LogP contribution in [-0.2, 0) is 32.1 Å². The molecule has 0 saturated heterocycles. The molecule has 0 atom stereocenters. The number of fused-ring (bicyclic) bond motifs is 10. The summed E-state index contributed by atoms with van der Waals surface area (Å²) in [5, 5.41) is 5.17. The van der Waals surface area contributed by atoms with Gasteiger partial charge in [0.25, 0.3) is 6.71 Å². The first-order chi connectivity index (χ1) is 51.6. The molecule has 13 aromatic carbocycles. The summed E-state index contributed by atoms with van der Waals surface area (Å²) >= 11 is 0. The molecule has 2 aliphatic heterocycles. The van der Waals surface area contributed by atoms with Crippen molar-refractivity contribution in [1.29, 1.82) is 0 Å². The van der Waals surface area contributed by atoms with Crippen LogP contribution in [0.1, 0.15) is 132 Å². The van der Waals surface area contributed by atoms with Gasteiger partial charge in [-0.1, -0.05) is 298 Å². The Balaban J connectivity index is 1.02. The molecule has 536 valence electrons. The van der Waals surface area contributed by atoms with E-state index in [1.807, 2.05) is 0 Å². The fraction of sp³-hybridized carbons (Fsp3) is 0.243. The molecule has 108 heavy (non-hydrogen) atoms. The molecule has 0 radical (unpaired) electrons. The van der Waals surface area contributed by atoms with Crippen molar-refractivity contribution in [1.82, 2.24) is 9.13 Å². The van der Waals surface area contributed by atoms with Crippen molar-refractivity contribution in [2.75, 3.05) is 9.80 Å². The Hall–Kier alpha value is -10.9. The molecule has 0 amide bonds. The molecule has 0 aliphatic carbocycles. The first-order valence-corrected chi connectivity index (χ1v) is 39.3. The largest absolute Gasteiger partial charge is 0.310 e. The average molecular weight is 1410 g/mol. The van der Waals surface area contributed by atoms with Gasteiger partial charge in [-0.25, -0.2) is 0 Å². The summed E-state index contributed by atoms with van der Waals surface area (Å²) in [6.45, 7) is 35.3. The number of hydrogen-bond donors (Lipinski definition) is 0. The van der Waals surface area contributed by atoms with Crippen LogP contribution in [0.4, 0.5) is 34.1 Å². The summed E-state index contributed by atoms with van der Waals surface area (Å²) in [6, 6.07) is 108. The van der Waals surface area contributed by atoms with Crippen LogP contribution < -0.4 is 26.2 Å². The van der Waals surface area contributed by atoms with Gasteiger partial charge in [-0.2, -0.15) is 0 Å². The Morgan fingerprint density at radius 2 is 0.509 bits per heavy atom. The van der Waals surface area contributed by atoms with Gasteiger partial charge in [0, 0.05) is 77.9 Å². The number of hydrogen-bond acceptors (Lipinski definition) is 2. The Morgan fingerprint density at radius 3 is 0.778 bits per heavy atom. The monoisotopic (exact) mass is 1400 g/mol. The topological polar surface area (TPSA) is 16.3 Å². The van der Waals surface area contributed by atoms with Gasteiger partial charge in [0.15, 0.2) is 0 Å². The average Bonchev–Trinajstić information content (AvgIpc) is 1.14. The predicted molar refractivity (Wildman–Crippen MR) is 467 cm³/mol. The molecular formula is C103H101BN4. The van der Waals surface area contributed by atoms with Gasteiger partial charge in [-0.15, -0.1) is 0 Å². The molecule has 4 nitrogen and oxygen atoms in total. The SMILES string of the molecule is CC(C)(C)Cc1cc2c3c(c1)N(c1c(-c4ccccc4)cccc1-c1ccccc1)c1cc(-n4c5ccc(CC(C)(C)C)cc5c5cc(CC(C)(C)C)ccc54)ccc1B3c1ccc(-n3c4ccc(CC(C)(C)C)cc4c4cc(CC(C)(C)C)ccc43)cc1N2c1c(-c2ccccc2)cccc1-c1ccccc1. The zero-order chi connectivity index (χ0) is 74.9. The van der Waals surface area contributed by atoms with E-state index >= 15 is 0 Å². The van der Waals surface area contributed by atoms with E-state index in [-0.39, 0.29) is 33.8 Å². The van der Waals surface area contributed by atoms with Crippen molar-refractivity contribution in [2.24, 2.45) is 27.1 Å². The molecule has 15 aromatic rings. The van der Waals surface area contributed by atoms with Crippen LogP contribution >= 0.6 is 0 Å². The Labute approximate surface area is 641 Å². The standard InChI is InChI=1S/C103H101BN4/c1-99(2,3)62-67-42-50-88-82(54-67)83-55-68(63-100(4,5)6)43-51-89(83)105(88)76-46-48-86-92(60-76)107(97-78(72-30-20-16-21-31-72)38-28-39-79(97)73-32-22-17-23-33-73)94-58-71(66-103(13,14)15)59-95-96(94)104(86)87-49-47-77(61-93(87)108(95)98-80(74-34-24-18-25-35-74)40-29-41-81(98)75-36-26-19-27-37-75)106-90-52-44-69(64-101(7,8)9)56-84(90)85-57-70(45-53-91(85)106)65-102(10,11)12/h16-61H,62-66H2,1-15H3. The van der Waals surface area contributed by atoms with Crippen molar-refractivity contribution in [2.45, 2.75) is 136 Å². The number of nitrogens with zero attached hydrogens (tertiary/aromatic N) is 4. The fourth-order valence-corrected chi connectivity index (χ4v) is 18.1. The van der Waals surface area contributed by atoms with Gasteiger partial charge in [0.05, 0.1) is 33.4 Å². The molecule has 0 spiro atoms. The van der Waals surface area contributed by atoms with Gasteiger partial charge < -0.3 is 18.9 Å². The Kier molecular flexibility index (Phi) is 17.2. The highest BCUT2D eigenvalue weighted by molar-refractivity contribution is 7.00. The van der Waals surface area contributed by atoms with Crippen LogP contribution in [0.15, 0.2) is 279 Å². The Bertz CT molecular complexity index is 5360. The quantitative estimate of drug-likeness (QED) is 0.107.